The molecule has 1 aliphatic heterocycles. The van der Waals surface area contributed by atoms with Gasteiger partial charge in [0.1, 0.15) is 6.10 Å². The van der Waals surface area contributed by atoms with Crippen molar-refractivity contribution in [2.45, 2.75) is 18.6 Å². The van der Waals surface area contributed by atoms with Crippen molar-refractivity contribution >= 4 is 27.5 Å². The van der Waals surface area contributed by atoms with Crippen LogP contribution in [0.5, 0.6) is 0 Å². The monoisotopic (exact) mass is 292 g/mol. The van der Waals surface area contributed by atoms with Gasteiger partial charge in [-0.2, -0.15) is 0 Å². The molecule has 106 valence electrons. The molecule has 1 aromatic heterocycles. The van der Waals surface area contributed by atoms with E-state index in [9.17, 15) is 4.79 Å². The van der Waals surface area contributed by atoms with Gasteiger partial charge in [-0.25, -0.2) is 4.98 Å². The molecule has 0 bridgehead atoms. The molecule has 0 aliphatic carbocycles. The number of thiazole rings is 1. The summed E-state index contributed by atoms with van der Waals surface area (Å²) in [6.45, 7) is 1.17. The Hall–Kier alpha value is -1.50. The highest BCUT2D eigenvalue weighted by atomic mass is 32.1. The minimum Gasteiger partial charge on any atom is -0.379 e. The van der Waals surface area contributed by atoms with E-state index in [1.807, 2.05) is 18.2 Å². The summed E-state index contributed by atoms with van der Waals surface area (Å²) in [5.41, 5.74) is 3.29. The Bertz CT molecular complexity index is 613. The van der Waals surface area contributed by atoms with Gasteiger partial charge in [0.2, 0.25) is 0 Å². The number of amides is 1. The van der Waals surface area contributed by atoms with Crippen molar-refractivity contribution in [2.24, 2.45) is 0 Å². The third-order valence-electron chi connectivity index (χ3n) is 3.52. The Kier molecular flexibility index (Phi) is 3.95. The Morgan fingerprint density at radius 2 is 2.45 bits per heavy atom. The molecule has 1 N–H and O–H groups in total. The molecule has 0 radical (unpaired) electrons. The van der Waals surface area contributed by atoms with Gasteiger partial charge >= 0.3 is 0 Å². The second kappa shape index (κ2) is 5.87. The van der Waals surface area contributed by atoms with Gasteiger partial charge in [0.25, 0.3) is 5.91 Å². The molecule has 0 spiro atoms. The van der Waals surface area contributed by atoms with E-state index >= 15 is 0 Å². The maximum Gasteiger partial charge on any atom is 0.253 e. The second-order valence-corrected chi connectivity index (χ2v) is 5.58. The van der Waals surface area contributed by atoms with Crippen molar-refractivity contribution in [1.82, 2.24) is 10.3 Å². The van der Waals surface area contributed by atoms with Crippen LogP contribution in [0.2, 0.25) is 0 Å². The third-order valence-corrected chi connectivity index (χ3v) is 4.40. The number of fused-ring (bicyclic) bond motifs is 1. The van der Waals surface area contributed by atoms with Crippen LogP contribution >= 0.6 is 11.3 Å². The number of carbonyl (C=O) groups excluding carboxylic acids is 1. The topological polar surface area (TPSA) is 60.5 Å². The molecular formula is C14H16N2O3S. The smallest absolute Gasteiger partial charge is 0.253 e. The third kappa shape index (κ3) is 2.54. The highest BCUT2D eigenvalue weighted by Gasteiger charge is 2.27. The summed E-state index contributed by atoms with van der Waals surface area (Å²) in [6.07, 6.45) is 0.677. The highest BCUT2D eigenvalue weighted by molar-refractivity contribution is 7.17. The fourth-order valence-electron chi connectivity index (χ4n) is 2.42. The highest BCUT2D eigenvalue weighted by Crippen LogP contribution is 2.22. The molecule has 1 aliphatic rings. The van der Waals surface area contributed by atoms with Gasteiger partial charge in [0, 0.05) is 13.7 Å². The minimum absolute atomic E-state index is 0.00979. The van der Waals surface area contributed by atoms with Crippen molar-refractivity contribution in [3.8, 4) is 0 Å². The summed E-state index contributed by atoms with van der Waals surface area (Å²) in [6, 6.07) is 5.59. The van der Waals surface area contributed by atoms with Gasteiger partial charge in [-0.3, -0.25) is 4.79 Å². The Morgan fingerprint density at radius 3 is 3.30 bits per heavy atom. The number of aromatic nitrogens is 1. The van der Waals surface area contributed by atoms with E-state index < -0.39 is 0 Å². The van der Waals surface area contributed by atoms with Crippen molar-refractivity contribution in [2.75, 3.05) is 20.3 Å². The van der Waals surface area contributed by atoms with E-state index in [4.69, 9.17) is 9.47 Å². The molecule has 5 nitrogen and oxygen atoms in total. The average molecular weight is 292 g/mol. The summed E-state index contributed by atoms with van der Waals surface area (Å²) in [4.78, 5) is 16.7. The maximum atomic E-state index is 12.5. The SMILES string of the molecule is CO[C@H]1COCC[C@@H]1NC(=O)c1cccc2ncsc12. The number of hydrogen-bond acceptors (Lipinski definition) is 5. The molecule has 1 aromatic carbocycles. The number of nitrogens with one attached hydrogen (secondary N) is 1. The summed E-state index contributed by atoms with van der Waals surface area (Å²) in [5, 5.41) is 3.05. The predicted molar refractivity (Wildman–Crippen MR) is 77.1 cm³/mol. The quantitative estimate of drug-likeness (QED) is 0.937. The van der Waals surface area contributed by atoms with E-state index in [-0.39, 0.29) is 18.1 Å². The lowest BCUT2D eigenvalue weighted by molar-refractivity contribution is -0.0479. The molecule has 1 fully saturated rings. The molecule has 20 heavy (non-hydrogen) atoms. The van der Waals surface area contributed by atoms with E-state index in [0.717, 1.165) is 16.6 Å². The van der Waals surface area contributed by atoms with Gasteiger partial charge < -0.3 is 14.8 Å². The first-order valence-corrected chi connectivity index (χ1v) is 7.41. The predicted octanol–water partition coefficient (Wildman–Crippen LogP) is 1.83. The first kappa shape index (κ1) is 13.5. The number of ether oxygens (including phenoxy) is 2. The average Bonchev–Trinajstić information content (AvgIpc) is 2.96. The fourth-order valence-corrected chi connectivity index (χ4v) is 3.22. The van der Waals surface area contributed by atoms with Gasteiger partial charge in [0.05, 0.1) is 33.9 Å². The molecule has 1 amide bonds. The van der Waals surface area contributed by atoms with Gasteiger partial charge in [0.15, 0.2) is 0 Å². The first-order valence-electron chi connectivity index (χ1n) is 6.53. The van der Waals surface area contributed by atoms with Crippen molar-refractivity contribution in [1.29, 1.82) is 0 Å². The van der Waals surface area contributed by atoms with Crippen molar-refractivity contribution < 1.29 is 14.3 Å². The largest absolute Gasteiger partial charge is 0.379 e. The standard InChI is InChI=1S/C14H16N2O3S/c1-18-12-7-19-6-5-10(12)16-14(17)9-3-2-4-11-13(9)20-8-15-11/h2-4,8,10,12H,5-7H2,1H3,(H,16,17)/t10-,12-/m0/s1. The molecule has 2 aromatic rings. The maximum absolute atomic E-state index is 12.5. The Labute approximate surface area is 120 Å². The van der Waals surface area contributed by atoms with Crippen molar-refractivity contribution in [3.05, 3.63) is 29.3 Å². The minimum atomic E-state index is -0.0895. The number of rotatable bonds is 3. The normalized spacial score (nSPS) is 22.9. The molecule has 3 rings (SSSR count). The van der Waals surface area contributed by atoms with E-state index in [1.165, 1.54) is 11.3 Å². The van der Waals surface area contributed by atoms with Gasteiger partial charge in [-0.1, -0.05) is 6.07 Å². The lowest BCUT2D eigenvalue weighted by Crippen LogP contribution is -2.49. The van der Waals surface area contributed by atoms with E-state index in [0.29, 0.717) is 18.8 Å². The van der Waals surface area contributed by atoms with Crippen LogP contribution in [0.1, 0.15) is 16.8 Å². The van der Waals surface area contributed by atoms with Crippen LogP contribution in [-0.4, -0.2) is 43.4 Å². The van der Waals surface area contributed by atoms with Crippen molar-refractivity contribution in [3.63, 3.8) is 0 Å². The van der Waals surface area contributed by atoms with Gasteiger partial charge in [-0.15, -0.1) is 11.3 Å². The molecule has 0 unspecified atom stereocenters. The van der Waals surface area contributed by atoms with Gasteiger partial charge in [-0.05, 0) is 18.6 Å². The Balaban J connectivity index is 1.80. The summed E-state index contributed by atoms with van der Waals surface area (Å²) < 4.78 is 11.6. The first-order chi connectivity index (χ1) is 9.79. The molecule has 0 saturated carbocycles. The van der Waals surface area contributed by atoms with Crippen LogP contribution in [0, 0.1) is 0 Å². The molecule has 2 atom stereocenters. The van der Waals surface area contributed by atoms with Crippen LogP contribution in [-0.2, 0) is 9.47 Å². The zero-order valence-electron chi connectivity index (χ0n) is 11.2. The van der Waals surface area contributed by atoms with E-state index in [2.05, 4.69) is 10.3 Å². The number of benzene rings is 1. The lowest BCUT2D eigenvalue weighted by Gasteiger charge is -2.31. The number of hydrogen-bond donors (Lipinski definition) is 1. The van der Waals surface area contributed by atoms with Crippen LogP contribution in [0.3, 0.4) is 0 Å². The Morgan fingerprint density at radius 1 is 1.55 bits per heavy atom. The zero-order valence-corrected chi connectivity index (χ0v) is 12.0. The second-order valence-electron chi connectivity index (χ2n) is 4.72. The van der Waals surface area contributed by atoms with Crippen LogP contribution in [0.15, 0.2) is 23.7 Å². The number of carbonyl (C=O) groups is 1. The fraction of sp³-hybridized carbons (Fsp3) is 0.429. The lowest BCUT2D eigenvalue weighted by atomic mass is 10.1. The van der Waals surface area contributed by atoms with Crippen LogP contribution in [0.25, 0.3) is 10.2 Å². The molecule has 6 heteroatoms. The van der Waals surface area contributed by atoms with Crippen LogP contribution in [0.4, 0.5) is 0 Å². The molecule has 2 heterocycles. The molecular weight excluding hydrogens is 276 g/mol. The summed E-state index contributed by atoms with van der Waals surface area (Å²) in [7, 11) is 1.64. The summed E-state index contributed by atoms with van der Waals surface area (Å²) in [5.74, 6) is -0.0752. The van der Waals surface area contributed by atoms with E-state index in [1.54, 1.807) is 12.6 Å². The number of nitrogens with zero attached hydrogens (tertiary/aromatic N) is 1. The van der Waals surface area contributed by atoms with Crippen LogP contribution < -0.4 is 5.32 Å². The number of methoxy groups -OCH3 is 1. The zero-order chi connectivity index (χ0) is 13.9. The summed E-state index contributed by atoms with van der Waals surface area (Å²) >= 11 is 1.48. The molecule has 1 saturated heterocycles.